The number of hydrogen-bond donors (Lipinski definition) is 1. The van der Waals surface area contributed by atoms with Crippen molar-refractivity contribution < 1.29 is 9.59 Å². The lowest BCUT2D eigenvalue weighted by molar-refractivity contribution is -0.122. The van der Waals surface area contributed by atoms with Gasteiger partial charge in [0, 0.05) is 25.4 Å². The zero-order valence-electron chi connectivity index (χ0n) is 14.7. The summed E-state index contributed by atoms with van der Waals surface area (Å²) in [5.41, 5.74) is 1.02. The second-order valence-electron chi connectivity index (χ2n) is 7.14. The number of hydrogen-bond acceptors (Lipinski definition) is 6. The molecule has 2 aromatic heterocycles. The highest BCUT2D eigenvalue weighted by Crippen LogP contribution is 2.42. The third kappa shape index (κ3) is 3.62. The van der Waals surface area contributed by atoms with E-state index in [9.17, 15) is 9.59 Å². The molecule has 1 saturated heterocycles. The van der Waals surface area contributed by atoms with Crippen LogP contribution in [0.3, 0.4) is 0 Å². The van der Waals surface area contributed by atoms with Gasteiger partial charge in [-0.3, -0.25) is 9.59 Å². The van der Waals surface area contributed by atoms with Gasteiger partial charge in [0.2, 0.25) is 5.91 Å². The molecule has 4 rings (SSSR count). The molecule has 1 aliphatic carbocycles. The first-order valence-electron chi connectivity index (χ1n) is 8.95. The van der Waals surface area contributed by atoms with Crippen LogP contribution in [0.25, 0.3) is 0 Å². The Morgan fingerprint density at radius 3 is 2.85 bits per heavy atom. The van der Waals surface area contributed by atoms with Crippen molar-refractivity contribution in [2.45, 2.75) is 38.8 Å². The third-order valence-electron chi connectivity index (χ3n) is 5.24. The minimum Gasteiger partial charge on any atom is -0.351 e. The number of carbonyl (C=O) groups excluding carboxylic acids is 2. The number of likely N-dealkylation sites (tertiary alicyclic amines) is 1. The predicted octanol–water partition coefficient (Wildman–Crippen LogP) is 1.10. The van der Waals surface area contributed by atoms with Crippen molar-refractivity contribution in [2.75, 3.05) is 13.1 Å². The topological polar surface area (TPSA) is 93.0 Å². The first-order chi connectivity index (χ1) is 12.6. The van der Waals surface area contributed by atoms with Crippen LogP contribution in [0, 0.1) is 18.8 Å². The van der Waals surface area contributed by atoms with Crippen molar-refractivity contribution >= 4 is 23.2 Å². The predicted molar refractivity (Wildman–Crippen MR) is 95.5 cm³/mol. The molecular weight excluding hydrogens is 352 g/mol. The van der Waals surface area contributed by atoms with Gasteiger partial charge in [-0.1, -0.05) is 0 Å². The molecule has 0 unspecified atom stereocenters. The molecule has 9 heteroatoms. The fourth-order valence-corrected chi connectivity index (χ4v) is 4.55. The lowest BCUT2D eigenvalue weighted by Gasteiger charge is -2.19. The van der Waals surface area contributed by atoms with E-state index in [1.54, 1.807) is 4.68 Å². The van der Waals surface area contributed by atoms with Gasteiger partial charge in [0.05, 0.1) is 17.5 Å². The Morgan fingerprint density at radius 2 is 2.19 bits per heavy atom. The standard InChI is InChI=1S/C17H22N6O2S/c1-11-5-7-26-16(11)17(25)22-8-13(12-2-3-12)14(9-22)19-15(24)4-6-23-10-18-20-21-23/h5,7,10,12-14H,2-4,6,8-9H2,1H3,(H,19,24)/t13-,14+/m1/s1. The number of aryl methyl sites for hydroxylation is 2. The van der Waals surface area contributed by atoms with Crippen molar-refractivity contribution in [2.24, 2.45) is 11.8 Å². The van der Waals surface area contributed by atoms with Crippen molar-refractivity contribution in [3.05, 3.63) is 28.2 Å². The van der Waals surface area contributed by atoms with E-state index in [1.165, 1.54) is 30.5 Å². The number of carbonyl (C=O) groups is 2. The van der Waals surface area contributed by atoms with Crippen LogP contribution in [0.15, 0.2) is 17.8 Å². The van der Waals surface area contributed by atoms with E-state index in [1.807, 2.05) is 23.3 Å². The van der Waals surface area contributed by atoms with Crippen LogP contribution in [0.1, 0.15) is 34.5 Å². The Morgan fingerprint density at radius 1 is 1.35 bits per heavy atom. The smallest absolute Gasteiger partial charge is 0.264 e. The molecule has 8 nitrogen and oxygen atoms in total. The van der Waals surface area contributed by atoms with Gasteiger partial charge in [0.15, 0.2) is 0 Å². The summed E-state index contributed by atoms with van der Waals surface area (Å²) in [5, 5.41) is 16.0. The average Bonchev–Trinajstić information content (AvgIpc) is 3.02. The minimum absolute atomic E-state index is 0.0160. The van der Waals surface area contributed by atoms with Crippen molar-refractivity contribution in [1.82, 2.24) is 30.4 Å². The highest BCUT2D eigenvalue weighted by molar-refractivity contribution is 7.12. The Bertz CT molecular complexity index is 785. The number of thiophene rings is 1. The van der Waals surface area contributed by atoms with Crippen LogP contribution in [0.4, 0.5) is 0 Å². The quantitative estimate of drug-likeness (QED) is 0.817. The summed E-state index contributed by atoms with van der Waals surface area (Å²) in [6.07, 6.45) is 4.22. The number of nitrogens with one attached hydrogen (secondary N) is 1. The summed E-state index contributed by atoms with van der Waals surface area (Å²) < 4.78 is 1.54. The van der Waals surface area contributed by atoms with E-state index >= 15 is 0 Å². The largest absolute Gasteiger partial charge is 0.351 e. The Labute approximate surface area is 155 Å². The summed E-state index contributed by atoms with van der Waals surface area (Å²) in [5.74, 6) is 1.06. The number of amides is 2. The molecule has 0 bridgehead atoms. The Kier molecular flexibility index (Phi) is 4.71. The molecule has 138 valence electrons. The monoisotopic (exact) mass is 374 g/mol. The van der Waals surface area contributed by atoms with E-state index in [2.05, 4.69) is 20.8 Å². The molecule has 0 spiro atoms. The maximum absolute atomic E-state index is 12.8. The normalized spacial score (nSPS) is 22.6. The SMILES string of the molecule is Cc1ccsc1C(=O)N1C[C@H](NC(=O)CCn2cnnn2)[C@@H](C2CC2)C1. The van der Waals surface area contributed by atoms with Gasteiger partial charge < -0.3 is 10.2 Å². The van der Waals surface area contributed by atoms with Crippen LogP contribution in [0.5, 0.6) is 0 Å². The van der Waals surface area contributed by atoms with Crippen LogP contribution >= 0.6 is 11.3 Å². The zero-order chi connectivity index (χ0) is 18.1. The summed E-state index contributed by atoms with van der Waals surface area (Å²) in [6.45, 7) is 3.75. The summed E-state index contributed by atoms with van der Waals surface area (Å²) in [6, 6.07) is 2.01. The molecule has 0 aromatic carbocycles. The van der Waals surface area contributed by atoms with Gasteiger partial charge in [0.25, 0.3) is 5.91 Å². The fourth-order valence-electron chi connectivity index (χ4n) is 3.66. The van der Waals surface area contributed by atoms with Gasteiger partial charge in [0.1, 0.15) is 6.33 Å². The molecule has 0 radical (unpaired) electrons. The number of rotatable bonds is 6. The Balaban J connectivity index is 1.37. The molecule has 1 saturated carbocycles. The van der Waals surface area contributed by atoms with Gasteiger partial charge >= 0.3 is 0 Å². The summed E-state index contributed by atoms with van der Waals surface area (Å²) in [4.78, 5) is 27.9. The van der Waals surface area contributed by atoms with Gasteiger partial charge in [-0.2, -0.15) is 0 Å². The molecule has 3 heterocycles. The van der Waals surface area contributed by atoms with E-state index in [-0.39, 0.29) is 17.9 Å². The number of nitrogens with zero attached hydrogens (tertiary/aromatic N) is 5. The molecule has 2 amide bonds. The van der Waals surface area contributed by atoms with Crippen LogP contribution in [-0.2, 0) is 11.3 Å². The lowest BCUT2D eigenvalue weighted by Crippen LogP contribution is -2.41. The first-order valence-corrected chi connectivity index (χ1v) is 9.83. The van der Waals surface area contributed by atoms with E-state index in [0.717, 1.165) is 17.0 Å². The minimum atomic E-state index is -0.0160. The van der Waals surface area contributed by atoms with Crippen LogP contribution < -0.4 is 5.32 Å². The highest BCUT2D eigenvalue weighted by Gasteiger charge is 2.44. The zero-order valence-corrected chi connectivity index (χ0v) is 15.5. The van der Waals surface area contributed by atoms with Crippen molar-refractivity contribution in [3.63, 3.8) is 0 Å². The molecule has 1 aliphatic heterocycles. The summed E-state index contributed by atoms with van der Waals surface area (Å²) >= 11 is 1.49. The van der Waals surface area contributed by atoms with E-state index < -0.39 is 0 Å². The van der Waals surface area contributed by atoms with Gasteiger partial charge in [-0.15, -0.1) is 16.4 Å². The van der Waals surface area contributed by atoms with E-state index in [0.29, 0.717) is 31.3 Å². The summed E-state index contributed by atoms with van der Waals surface area (Å²) in [7, 11) is 0. The average molecular weight is 374 g/mol. The maximum Gasteiger partial charge on any atom is 0.264 e. The maximum atomic E-state index is 12.8. The molecule has 2 aliphatic rings. The van der Waals surface area contributed by atoms with Crippen LogP contribution in [0.2, 0.25) is 0 Å². The fraction of sp³-hybridized carbons (Fsp3) is 0.588. The van der Waals surface area contributed by atoms with Gasteiger partial charge in [-0.25, -0.2) is 4.68 Å². The first kappa shape index (κ1) is 17.1. The Hall–Kier alpha value is -2.29. The molecule has 1 N–H and O–H groups in total. The highest BCUT2D eigenvalue weighted by atomic mass is 32.1. The third-order valence-corrected chi connectivity index (χ3v) is 6.25. The van der Waals surface area contributed by atoms with Crippen molar-refractivity contribution in [3.8, 4) is 0 Å². The number of tetrazole rings is 1. The van der Waals surface area contributed by atoms with Crippen LogP contribution in [-0.4, -0.2) is 56.1 Å². The van der Waals surface area contributed by atoms with Crippen molar-refractivity contribution in [1.29, 1.82) is 0 Å². The second kappa shape index (κ2) is 7.14. The lowest BCUT2D eigenvalue weighted by atomic mass is 9.98. The second-order valence-corrected chi connectivity index (χ2v) is 8.06. The van der Waals surface area contributed by atoms with Gasteiger partial charge in [-0.05, 0) is 53.1 Å². The molecule has 2 atom stereocenters. The number of aromatic nitrogens is 4. The molecular formula is C17H22N6O2S. The molecule has 2 fully saturated rings. The molecule has 2 aromatic rings. The van der Waals surface area contributed by atoms with E-state index in [4.69, 9.17) is 0 Å². The molecule has 26 heavy (non-hydrogen) atoms.